The highest BCUT2D eigenvalue weighted by Gasteiger charge is 2.49. The fraction of sp³-hybridized carbons (Fsp3) is 0.452. The summed E-state index contributed by atoms with van der Waals surface area (Å²) in [5.41, 5.74) is -0.154. The van der Waals surface area contributed by atoms with Crippen LogP contribution in [-0.2, 0) is 0 Å². The van der Waals surface area contributed by atoms with Crippen molar-refractivity contribution in [2.45, 2.75) is 56.8 Å². The van der Waals surface area contributed by atoms with Gasteiger partial charge in [-0.05, 0) is 62.7 Å². The van der Waals surface area contributed by atoms with Crippen LogP contribution in [0, 0.1) is 12.7 Å². The quantitative estimate of drug-likeness (QED) is 0.354. The molecule has 9 nitrogen and oxygen atoms in total. The van der Waals surface area contributed by atoms with E-state index in [1.54, 1.807) is 19.1 Å². The second-order valence-electron chi connectivity index (χ2n) is 11.8. The Morgan fingerprint density at radius 2 is 1.98 bits per heavy atom. The fourth-order valence-corrected chi connectivity index (χ4v) is 7.04. The molecule has 42 heavy (non-hydrogen) atoms. The van der Waals surface area contributed by atoms with Crippen molar-refractivity contribution in [2.75, 3.05) is 37.7 Å². The third-order valence-corrected chi connectivity index (χ3v) is 9.11. The Morgan fingerprint density at radius 3 is 2.79 bits per heavy atom. The summed E-state index contributed by atoms with van der Waals surface area (Å²) in [7, 11) is 0. The summed E-state index contributed by atoms with van der Waals surface area (Å²) in [6.07, 6.45) is 1.85. The van der Waals surface area contributed by atoms with Crippen molar-refractivity contribution >= 4 is 27.5 Å². The highest BCUT2D eigenvalue weighted by Crippen LogP contribution is 2.41. The van der Waals surface area contributed by atoms with Crippen molar-refractivity contribution in [3.63, 3.8) is 0 Å². The Balaban J connectivity index is 1.39. The van der Waals surface area contributed by atoms with Gasteiger partial charge in [0.05, 0.1) is 17.2 Å². The van der Waals surface area contributed by atoms with Crippen LogP contribution in [0.2, 0.25) is 0 Å². The van der Waals surface area contributed by atoms with E-state index in [0.29, 0.717) is 55.7 Å². The smallest absolute Gasteiger partial charge is 0.349 e. The van der Waals surface area contributed by atoms with Gasteiger partial charge >= 0.3 is 11.6 Å². The molecule has 0 aliphatic carbocycles. The number of hydrogen-bond donors (Lipinski definition) is 2. The summed E-state index contributed by atoms with van der Waals surface area (Å²) in [4.78, 5) is 27.0. The lowest BCUT2D eigenvalue weighted by Crippen LogP contribution is -2.43. The van der Waals surface area contributed by atoms with Crippen molar-refractivity contribution in [3.05, 3.63) is 52.1 Å². The molecule has 0 radical (unpaired) electrons. The second-order valence-corrected chi connectivity index (χ2v) is 11.8. The number of fused-ring (bicyclic) bond motifs is 3. The normalized spacial score (nSPS) is 23.2. The molecule has 7 rings (SSSR count). The molecule has 3 saturated heterocycles. The zero-order chi connectivity index (χ0) is 29.2. The van der Waals surface area contributed by atoms with Crippen LogP contribution in [0.15, 0.2) is 39.5 Å². The number of alkyl halides is 1. The summed E-state index contributed by atoms with van der Waals surface area (Å²) >= 11 is 0. The molecule has 3 fully saturated rings. The van der Waals surface area contributed by atoms with Gasteiger partial charge in [-0.2, -0.15) is 9.97 Å². The molecule has 0 bridgehead atoms. The Hall–Kier alpha value is -3.83. The second kappa shape index (κ2) is 10.2. The first-order chi connectivity index (χ1) is 20.2. The number of halogens is 2. The summed E-state index contributed by atoms with van der Waals surface area (Å²) in [5, 5.41) is 21.4. The molecule has 0 unspecified atom stereocenters. The van der Waals surface area contributed by atoms with E-state index >= 15 is 4.39 Å². The minimum atomic E-state index is -0.909. The van der Waals surface area contributed by atoms with E-state index < -0.39 is 29.3 Å². The van der Waals surface area contributed by atoms with Gasteiger partial charge in [0.2, 0.25) is 0 Å². The predicted octanol–water partition coefficient (Wildman–Crippen LogP) is 4.47. The molecule has 0 amide bonds. The van der Waals surface area contributed by atoms with Crippen molar-refractivity contribution in [3.8, 4) is 23.1 Å². The number of aryl methyl sites for hydroxylation is 1. The third kappa shape index (κ3) is 4.46. The molecular weight excluding hydrogens is 546 g/mol. The molecule has 0 saturated carbocycles. The zero-order valence-electron chi connectivity index (χ0n) is 23.3. The van der Waals surface area contributed by atoms with Gasteiger partial charge < -0.3 is 24.3 Å². The molecule has 11 heteroatoms. The lowest BCUT2D eigenvalue weighted by molar-refractivity contribution is 0.107. The Labute approximate surface area is 240 Å². The Kier molecular flexibility index (Phi) is 6.54. The number of benzene rings is 2. The lowest BCUT2D eigenvalue weighted by atomic mass is 9.95. The maximum Gasteiger partial charge on any atom is 0.349 e. The van der Waals surface area contributed by atoms with E-state index in [4.69, 9.17) is 9.15 Å². The molecule has 3 aliphatic rings. The van der Waals surface area contributed by atoms with Crippen molar-refractivity contribution < 1.29 is 28.1 Å². The Bertz CT molecular complexity index is 1760. The van der Waals surface area contributed by atoms with Crippen LogP contribution in [0.3, 0.4) is 0 Å². The summed E-state index contributed by atoms with van der Waals surface area (Å²) < 4.78 is 41.5. The van der Waals surface area contributed by atoms with E-state index in [-0.39, 0.29) is 46.0 Å². The highest BCUT2D eigenvalue weighted by atomic mass is 19.1. The van der Waals surface area contributed by atoms with Gasteiger partial charge in [-0.1, -0.05) is 12.1 Å². The molecule has 0 spiro atoms. The SMILES string of the molecule is Cc1c(-c2cc(O)cc3cccc(F)c23)oc(=O)c2c(N3CCC(O)CC3)nc(OC[C@@]34CCCN3C[C@H](F)C4)nc12. The molecule has 2 atom stereocenters. The van der Waals surface area contributed by atoms with Crippen LogP contribution in [0.4, 0.5) is 14.6 Å². The third-order valence-electron chi connectivity index (χ3n) is 9.11. The van der Waals surface area contributed by atoms with Crippen LogP contribution in [0.25, 0.3) is 33.0 Å². The van der Waals surface area contributed by atoms with Gasteiger partial charge in [0.1, 0.15) is 35.5 Å². The van der Waals surface area contributed by atoms with Crippen LogP contribution in [0.1, 0.15) is 37.7 Å². The standard InChI is InChI=1S/C31H32F2N4O5/c1-17-26-25(29(40)42-27(17)22-13-21(39)12-18-4-2-5-23(33)24(18)22)28(36-10-6-20(38)7-11-36)35-30(34-26)41-16-31-8-3-9-37(31)15-19(32)14-31/h2,4-5,12-13,19-20,38-39H,3,6-11,14-16H2,1H3/t19-,31+/m1/s1. The number of nitrogens with zero attached hydrogens (tertiary/aromatic N) is 4. The molecule has 3 aliphatic heterocycles. The number of phenolic OH excluding ortho intramolecular Hbond substituents is 1. The summed E-state index contributed by atoms with van der Waals surface area (Å²) in [6.45, 7) is 4.09. The average molecular weight is 579 g/mol. The number of rotatable bonds is 5. The van der Waals surface area contributed by atoms with Crippen molar-refractivity contribution in [1.29, 1.82) is 0 Å². The number of aromatic hydroxyl groups is 1. The minimum Gasteiger partial charge on any atom is -0.508 e. The van der Waals surface area contributed by atoms with Gasteiger partial charge in [0.15, 0.2) is 5.82 Å². The van der Waals surface area contributed by atoms with Gasteiger partial charge in [-0.25, -0.2) is 13.6 Å². The van der Waals surface area contributed by atoms with E-state index in [1.807, 2.05) is 4.90 Å². The van der Waals surface area contributed by atoms with Gasteiger partial charge in [0, 0.05) is 42.6 Å². The number of anilines is 1. The van der Waals surface area contributed by atoms with Crippen LogP contribution in [0.5, 0.6) is 11.8 Å². The summed E-state index contributed by atoms with van der Waals surface area (Å²) in [5.74, 6) is -0.202. The monoisotopic (exact) mass is 578 g/mol. The first-order valence-electron chi connectivity index (χ1n) is 14.4. The van der Waals surface area contributed by atoms with Gasteiger partial charge in [-0.3, -0.25) is 4.90 Å². The Morgan fingerprint density at radius 1 is 1.17 bits per heavy atom. The topological polar surface area (TPSA) is 112 Å². The number of aliphatic hydroxyl groups excluding tert-OH is 1. The molecule has 4 aromatic rings. The molecular formula is C31H32F2N4O5. The minimum absolute atomic E-state index is 0.0544. The predicted molar refractivity (Wildman–Crippen MR) is 153 cm³/mol. The number of aromatic nitrogens is 2. The van der Waals surface area contributed by atoms with Crippen molar-refractivity contribution in [2.24, 2.45) is 0 Å². The number of piperidine rings is 1. The molecule has 5 heterocycles. The zero-order valence-corrected chi connectivity index (χ0v) is 23.3. The average Bonchev–Trinajstić information content (AvgIpc) is 3.49. The van der Waals surface area contributed by atoms with Gasteiger partial charge in [0.25, 0.3) is 0 Å². The van der Waals surface area contributed by atoms with Crippen LogP contribution < -0.4 is 15.3 Å². The molecule has 2 aromatic carbocycles. The molecule has 220 valence electrons. The van der Waals surface area contributed by atoms with Crippen LogP contribution >= 0.6 is 0 Å². The van der Waals surface area contributed by atoms with Crippen molar-refractivity contribution in [1.82, 2.24) is 14.9 Å². The van der Waals surface area contributed by atoms with Gasteiger partial charge in [-0.15, -0.1) is 0 Å². The lowest BCUT2D eigenvalue weighted by Gasteiger charge is -2.32. The summed E-state index contributed by atoms with van der Waals surface area (Å²) in [6, 6.07) is 7.40. The first-order valence-corrected chi connectivity index (χ1v) is 14.4. The van der Waals surface area contributed by atoms with Crippen LogP contribution in [-0.4, -0.2) is 75.7 Å². The number of aliphatic hydroxyl groups is 1. The highest BCUT2D eigenvalue weighted by molar-refractivity contribution is 6.00. The van der Waals surface area contributed by atoms with E-state index in [2.05, 4.69) is 14.9 Å². The first kappa shape index (κ1) is 27.0. The maximum atomic E-state index is 15.1. The molecule has 2 aromatic heterocycles. The van der Waals surface area contributed by atoms with E-state index in [0.717, 1.165) is 19.4 Å². The maximum absolute atomic E-state index is 15.1. The molecule has 2 N–H and O–H groups in total. The van der Waals surface area contributed by atoms with E-state index in [1.165, 1.54) is 18.2 Å². The fourth-order valence-electron chi connectivity index (χ4n) is 7.04. The number of hydrogen-bond acceptors (Lipinski definition) is 9. The van der Waals surface area contributed by atoms with E-state index in [9.17, 15) is 19.4 Å². The number of ether oxygens (including phenoxy) is 1. The number of phenols is 1. The largest absolute Gasteiger partial charge is 0.508 e.